The highest BCUT2D eigenvalue weighted by atomic mass is 16.1. The summed E-state index contributed by atoms with van der Waals surface area (Å²) in [5.74, 6) is 0.521. The van der Waals surface area contributed by atoms with Gasteiger partial charge in [-0.3, -0.25) is 0 Å². The Kier molecular flexibility index (Phi) is 2.90. The topological polar surface area (TPSA) is 43.1 Å². The van der Waals surface area contributed by atoms with Crippen LogP contribution in [0.4, 0.5) is 0 Å². The number of carbonyl (C=O) groups excluding carboxylic acids is 1. The van der Waals surface area contributed by atoms with Gasteiger partial charge in [-0.05, 0) is 24.8 Å². The molecule has 0 fully saturated rings. The fraction of sp³-hybridized carbons (Fsp3) is 0.444. The summed E-state index contributed by atoms with van der Waals surface area (Å²) >= 11 is 0. The smallest absolute Gasteiger partial charge is 0.120 e. The highest BCUT2D eigenvalue weighted by Gasteiger charge is 2.05. The normalized spacial score (nSPS) is 22.9. The van der Waals surface area contributed by atoms with Crippen LogP contribution in [0.3, 0.4) is 0 Å². The number of aldehydes is 1. The number of hydrogen-bond acceptors (Lipinski definition) is 2. The lowest BCUT2D eigenvalue weighted by Crippen LogP contribution is -2.04. The number of rotatable bonds is 3. The zero-order valence-corrected chi connectivity index (χ0v) is 6.49. The maximum absolute atomic E-state index is 10.0. The van der Waals surface area contributed by atoms with E-state index in [0.29, 0.717) is 12.3 Å². The molecule has 0 radical (unpaired) electrons. The van der Waals surface area contributed by atoms with E-state index in [1.165, 1.54) is 0 Å². The zero-order valence-electron chi connectivity index (χ0n) is 6.49. The molecule has 0 aromatic heterocycles. The minimum Gasteiger partial charge on any atom is -0.399 e. The van der Waals surface area contributed by atoms with Gasteiger partial charge in [0.25, 0.3) is 0 Å². The molecule has 0 heterocycles. The molecule has 0 aliphatic heterocycles. The summed E-state index contributed by atoms with van der Waals surface area (Å²) in [6, 6.07) is 0. The van der Waals surface area contributed by atoms with E-state index in [1.807, 2.05) is 12.2 Å². The lowest BCUT2D eigenvalue weighted by atomic mass is 9.95. The molecule has 0 bridgehead atoms. The third-order valence-corrected chi connectivity index (χ3v) is 1.87. The van der Waals surface area contributed by atoms with Gasteiger partial charge in [0.05, 0.1) is 0 Å². The third kappa shape index (κ3) is 2.58. The molecular formula is C9H13NO. The zero-order chi connectivity index (χ0) is 8.10. The lowest BCUT2D eigenvalue weighted by Gasteiger charge is -2.12. The van der Waals surface area contributed by atoms with Crippen molar-refractivity contribution in [3.05, 3.63) is 23.9 Å². The second-order valence-electron chi connectivity index (χ2n) is 2.80. The largest absolute Gasteiger partial charge is 0.399 e. The van der Waals surface area contributed by atoms with Crippen LogP contribution in [0.5, 0.6) is 0 Å². The highest BCUT2D eigenvalue weighted by molar-refractivity contribution is 5.49. The molecule has 60 valence electrons. The van der Waals surface area contributed by atoms with Crippen LogP contribution in [0.15, 0.2) is 23.9 Å². The van der Waals surface area contributed by atoms with Crippen molar-refractivity contribution >= 4 is 6.29 Å². The Hall–Kier alpha value is -1.05. The van der Waals surface area contributed by atoms with Gasteiger partial charge in [0, 0.05) is 12.1 Å². The Labute approximate surface area is 66.8 Å². The minimum absolute atomic E-state index is 0.521. The van der Waals surface area contributed by atoms with E-state index in [2.05, 4.69) is 6.08 Å². The Bertz CT molecular complexity index is 194. The first-order chi connectivity index (χ1) is 5.33. The van der Waals surface area contributed by atoms with Gasteiger partial charge in [0.15, 0.2) is 0 Å². The number of hydrogen-bond donors (Lipinski definition) is 1. The fourth-order valence-electron chi connectivity index (χ4n) is 1.18. The quantitative estimate of drug-likeness (QED) is 0.619. The summed E-state index contributed by atoms with van der Waals surface area (Å²) in [6.07, 6.45) is 9.56. The Morgan fingerprint density at radius 2 is 2.55 bits per heavy atom. The van der Waals surface area contributed by atoms with E-state index in [0.717, 1.165) is 24.8 Å². The first-order valence-electron chi connectivity index (χ1n) is 3.90. The van der Waals surface area contributed by atoms with Crippen molar-refractivity contribution in [3.63, 3.8) is 0 Å². The summed E-state index contributed by atoms with van der Waals surface area (Å²) in [5, 5.41) is 0. The van der Waals surface area contributed by atoms with Crippen LogP contribution in [0, 0.1) is 5.92 Å². The molecule has 2 N–H and O–H groups in total. The standard InChI is InChI=1S/C9H13NO/c10-9-5-3-8(4-6-9)2-1-7-11/h3,5-8H,1-2,4,10H2. The van der Waals surface area contributed by atoms with Crippen molar-refractivity contribution in [1.82, 2.24) is 0 Å². The maximum Gasteiger partial charge on any atom is 0.120 e. The minimum atomic E-state index is 0.521. The van der Waals surface area contributed by atoms with Gasteiger partial charge in [-0.2, -0.15) is 0 Å². The molecule has 1 rings (SSSR count). The van der Waals surface area contributed by atoms with E-state index >= 15 is 0 Å². The molecule has 1 aliphatic rings. The van der Waals surface area contributed by atoms with Crippen LogP contribution in [0.1, 0.15) is 19.3 Å². The van der Waals surface area contributed by atoms with Crippen molar-refractivity contribution < 1.29 is 4.79 Å². The summed E-state index contributed by atoms with van der Waals surface area (Å²) in [5.41, 5.74) is 6.37. The van der Waals surface area contributed by atoms with Crippen molar-refractivity contribution in [2.45, 2.75) is 19.3 Å². The van der Waals surface area contributed by atoms with Gasteiger partial charge >= 0.3 is 0 Å². The van der Waals surface area contributed by atoms with Crippen LogP contribution in [-0.4, -0.2) is 6.29 Å². The summed E-state index contributed by atoms with van der Waals surface area (Å²) in [6.45, 7) is 0. The van der Waals surface area contributed by atoms with E-state index < -0.39 is 0 Å². The first kappa shape index (κ1) is 8.05. The molecule has 2 nitrogen and oxygen atoms in total. The van der Waals surface area contributed by atoms with Gasteiger partial charge < -0.3 is 10.5 Å². The second kappa shape index (κ2) is 3.96. The average Bonchev–Trinajstić information content (AvgIpc) is 2.04. The van der Waals surface area contributed by atoms with Gasteiger partial charge in [0.1, 0.15) is 6.29 Å². The van der Waals surface area contributed by atoms with E-state index in [9.17, 15) is 4.79 Å². The molecule has 1 aliphatic carbocycles. The monoisotopic (exact) mass is 151 g/mol. The molecule has 0 amide bonds. The molecule has 0 saturated heterocycles. The van der Waals surface area contributed by atoms with Gasteiger partial charge in [-0.15, -0.1) is 0 Å². The Morgan fingerprint density at radius 3 is 3.09 bits per heavy atom. The van der Waals surface area contributed by atoms with E-state index in [-0.39, 0.29) is 0 Å². The summed E-state index contributed by atoms with van der Waals surface area (Å²) in [4.78, 5) is 10.0. The first-order valence-corrected chi connectivity index (χ1v) is 3.90. The van der Waals surface area contributed by atoms with Crippen molar-refractivity contribution in [3.8, 4) is 0 Å². The Morgan fingerprint density at radius 1 is 1.73 bits per heavy atom. The molecule has 0 spiro atoms. The SMILES string of the molecule is NC1=CCC(CCC=O)C=C1. The van der Waals surface area contributed by atoms with Crippen LogP contribution < -0.4 is 5.73 Å². The number of nitrogens with two attached hydrogens (primary N) is 1. The molecular weight excluding hydrogens is 138 g/mol. The average molecular weight is 151 g/mol. The number of allylic oxidation sites excluding steroid dienone is 3. The molecule has 0 aromatic rings. The van der Waals surface area contributed by atoms with Crippen molar-refractivity contribution in [2.75, 3.05) is 0 Å². The van der Waals surface area contributed by atoms with Crippen LogP contribution >= 0.6 is 0 Å². The van der Waals surface area contributed by atoms with Gasteiger partial charge in [-0.25, -0.2) is 0 Å². The van der Waals surface area contributed by atoms with Crippen molar-refractivity contribution in [2.24, 2.45) is 11.7 Å². The van der Waals surface area contributed by atoms with E-state index in [1.54, 1.807) is 0 Å². The van der Waals surface area contributed by atoms with Gasteiger partial charge in [-0.1, -0.05) is 12.2 Å². The third-order valence-electron chi connectivity index (χ3n) is 1.87. The van der Waals surface area contributed by atoms with Crippen molar-refractivity contribution in [1.29, 1.82) is 0 Å². The fourth-order valence-corrected chi connectivity index (χ4v) is 1.18. The summed E-state index contributed by atoms with van der Waals surface area (Å²) in [7, 11) is 0. The van der Waals surface area contributed by atoms with Crippen LogP contribution in [0.2, 0.25) is 0 Å². The molecule has 1 unspecified atom stereocenters. The molecule has 11 heavy (non-hydrogen) atoms. The van der Waals surface area contributed by atoms with E-state index in [4.69, 9.17) is 5.73 Å². The predicted octanol–water partition coefficient (Wildman–Crippen LogP) is 1.38. The lowest BCUT2D eigenvalue weighted by molar-refractivity contribution is -0.108. The number of carbonyl (C=O) groups is 1. The van der Waals surface area contributed by atoms with Crippen LogP contribution in [0.25, 0.3) is 0 Å². The molecule has 0 aromatic carbocycles. The molecule has 1 atom stereocenters. The molecule has 0 saturated carbocycles. The maximum atomic E-state index is 10.0. The highest BCUT2D eigenvalue weighted by Crippen LogP contribution is 2.17. The Balaban J connectivity index is 2.31. The predicted molar refractivity (Wildman–Crippen MR) is 44.8 cm³/mol. The summed E-state index contributed by atoms with van der Waals surface area (Å²) < 4.78 is 0. The van der Waals surface area contributed by atoms with Gasteiger partial charge in [0.2, 0.25) is 0 Å². The molecule has 2 heteroatoms. The van der Waals surface area contributed by atoms with Crippen LogP contribution in [-0.2, 0) is 4.79 Å². The second-order valence-corrected chi connectivity index (χ2v) is 2.80.